The third kappa shape index (κ3) is 4.17. The summed E-state index contributed by atoms with van der Waals surface area (Å²) in [5, 5.41) is 5.40. The molecule has 0 aliphatic carbocycles. The van der Waals surface area contributed by atoms with Crippen molar-refractivity contribution in [3.05, 3.63) is 53.3 Å². The van der Waals surface area contributed by atoms with Gasteiger partial charge >= 0.3 is 0 Å². The van der Waals surface area contributed by atoms with Crippen molar-refractivity contribution in [3.63, 3.8) is 0 Å². The van der Waals surface area contributed by atoms with Crippen LogP contribution in [-0.4, -0.2) is 48.9 Å². The van der Waals surface area contributed by atoms with E-state index in [9.17, 15) is 14.4 Å². The van der Waals surface area contributed by atoms with Gasteiger partial charge in [-0.15, -0.1) is 0 Å². The number of nitrogens with zero attached hydrogens (tertiary/aromatic N) is 2. The third-order valence-electron chi connectivity index (χ3n) is 3.97. The number of carbonyl (C=O) groups is 3. The summed E-state index contributed by atoms with van der Waals surface area (Å²) in [6.45, 7) is -0.220. The van der Waals surface area contributed by atoms with Gasteiger partial charge in [-0.25, -0.2) is 0 Å². The Morgan fingerprint density at radius 1 is 1.30 bits per heavy atom. The third-order valence-corrected chi connectivity index (χ3v) is 4.20. The van der Waals surface area contributed by atoms with Gasteiger partial charge in [-0.1, -0.05) is 23.7 Å². The first kappa shape index (κ1) is 18.7. The Kier molecular flexibility index (Phi) is 5.56. The molecule has 0 fully saturated rings. The highest BCUT2D eigenvalue weighted by Gasteiger charge is 2.33. The van der Waals surface area contributed by atoms with Crippen LogP contribution >= 0.6 is 11.6 Å². The van der Waals surface area contributed by atoms with Crippen LogP contribution in [0, 0.1) is 0 Å². The second kappa shape index (κ2) is 8.05. The van der Waals surface area contributed by atoms with Crippen LogP contribution in [0.3, 0.4) is 0 Å². The van der Waals surface area contributed by atoms with Crippen molar-refractivity contribution >= 4 is 35.0 Å². The van der Waals surface area contributed by atoms with Crippen LogP contribution in [0.4, 0.5) is 5.69 Å². The minimum Gasteiger partial charge on any atom is -0.477 e. The summed E-state index contributed by atoms with van der Waals surface area (Å²) >= 11 is 5.84. The molecule has 1 aromatic carbocycles. The van der Waals surface area contributed by atoms with Crippen LogP contribution in [0.2, 0.25) is 5.02 Å². The first-order chi connectivity index (χ1) is 13.0. The minimum absolute atomic E-state index is 0.0425. The lowest BCUT2D eigenvalue weighted by Gasteiger charge is -2.34. The van der Waals surface area contributed by atoms with E-state index in [0.29, 0.717) is 16.5 Å². The number of para-hydroxylation sites is 2. The Hall–Kier alpha value is -3.13. The summed E-state index contributed by atoms with van der Waals surface area (Å²) in [6, 6.07) is 9.87. The summed E-state index contributed by atoms with van der Waals surface area (Å²) in [7, 11) is 1.50. The van der Waals surface area contributed by atoms with Gasteiger partial charge in [-0.2, -0.15) is 0 Å². The molecule has 0 saturated carbocycles. The number of aromatic nitrogens is 1. The molecule has 0 bridgehead atoms. The lowest BCUT2D eigenvalue weighted by molar-refractivity contribution is -0.127. The minimum atomic E-state index is -0.834. The molecular formula is C18H17ClN4O4. The van der Waals surface area contributed by atoms with Gasteiger partial charge in [0.25, 0.3) is 11.8 Å². The topological polar surface area (TPSA) is 101 Å². The average Bonchev–Trinajstić information content (AvgIpc) is 2.70. The highest BCUT2D eigenvalue weighted by atomic mass is 35.5. The van der Waals surface area contributed by atoms with Crippen LogP contribution in [0.1, 0.15) is 10.5 Å². The number of likely N-dealkylation sites (N-methyl/N-ethyl adjacent to an activating group) is 1. The van der Waals surface area contributed by atoms with E-state index in [1.807, 2.05) is 0 Å². The normalized spacial score (nSPS) is 15.3. The molecule has 3 rings (SSSR count). The first-order valence-corrected chi connectivity index (χ1v) is 8.55. The summed E-state index contributed by atoms with van der Waals surface area (Å²) in [5.41, 5.74) is 0.652. The largest absolute Gasteiger partial charge is 0.477 e. The second-order valence-electron chi connectivity index (χ2n) is 5.73. The molecule has 3 amide bonds. The van der Waals surface area contributed by atoms with Crippen LogP contribution in [0.15, 0.2) is 42.6 Å². The molecule has 1 aliphatic rings. The van der Waals surface area contributed by atoms with Gasteiger partial charge in [-0.05, 0) is 24.3 Å². The first-order valence-electron chi connectivity index (χ1n) is 8.17. The number of hydrogen-bond acceptors (Lipinski definition) is 5. The number of pyridine rings is 1. The van der Waals surface area contributed by atoms with Gasteiger partial charge in [0.1, 0.15) is 11.4 Å². The lowest BCUT2D eigenvalue weighted by Crippen LogP contribution is -2.52. The number of ether oxygens (including phenoxy) is 1. The number of carbonyl (C=O) groups excluding carboxylic acids is 3. The predicted octanol–water partition coefficient (Wildman–Crippen LogP) is 1.00. The van der Waals surface area contributed by atoms with Crippen molar-refractivity contribution in [2.75, 3.05) is 25.0 Å². The van der Waals surface area contributed by atoms with Crippen LogP contribution in [-0.2, 0) is 9.59 Å². The fraction of sp³-hybridized carbons (Fsp3) is 0.222. The number of fused-ring (bicyclic) bond motifs is 1. The van der Waals surface area contributed by atoms with Gasteiger partial charge in [-0.3, -0.25) is 19.4 Å². The van der Waals surface area contributed by atoms with E-state index in [1.165, 1.54) is 24.2 Å². The quantitative estimate of drug-likeness (QED) is 0.814. The number of nitrogens with one attached hydrogen (secondary N) is 2. The Labute approximate surface area is 160 Å². The van der Waals surface area contributed by atoms with E-state index in [-0.39, 0.29) is 30.6 Å². The number of rotatable bonds is 4. The Bertz CT molecular complexity index is 889. The number of hydrogen-bond donors (Lipinski definition) is 2. The second-order valence-corrected chi connectivity index (χ2v) is 6.17. The summed E-state index contributed by atoms with van der Waals surface area (Å²) in [6.07, 6.45) is 0.574. The number of amides is 3. The van der Waals surface area contributed by atoms with E-state index >= 15 is 0 Å². The zero-order valence-electron chi connectivity index (χ0n) is 14.4. The van der Waals surface area contributed by atoms with Gasteiger partial charge in [0, 0.05) is 18.3 Å². The van der Waals surface area contributed by atoms with Crippen LogP contribution < -0.4 is 20.3 Å². The Morgan fingerprint density at radius 3 is 2.81 bits per heavy atom. The number of benzene rings is 1. The van der Waals surface area contributed by atoms with Gasteiger partial charge in [0.05, 0.1) is 18.8 Å². The molecule has 2 N–H and O–H groups in total. The van der Waals surface area contributed by atoms with Gasteiger partial charge in [0.2, 0.25) is 5.91 Å². The maximum atomic E-state index is 12.7. The zero-order valence-corrected chi connectivity index (χ0v) is 15.2. The molecule has 9 heteroatoms. The summed E-state index contributed by atoms with van der Waals surface area (Å²) in [4.78, 5) is 42.2. The van der Waals surface area contributed by atoms with Crippen LogP contribution in [0.25, 0.3) is 0 Å². The Morgan fingerprint density at radius 2 is 2.07 bits per heavy atom. The molecule has 0 spiro atoms. The maximum Gasteiger partial charge on any atom is 0.270 e. The van der Waals surface area contributed by atoms with Crippen molar-refractivity contribution in [2.45, 2.75) is 6.10 Å². The van der Waals surface area contributed by atoms with Gasteiger partial charge < -0.3 is 20.3 Å². The smallest absolute Gasteiger partial charge is 0.270 e. The molecule has 27 heavy (non-hydrogen) atoms. The molecule has 2 heterocycles. The monoisotopic (exact) mass is 388 g/mol. The molecule has 0 saturated heterocycles. The lowest BCUT2D eigenvalue weighted by atomic mass is 10.1. The van der Waals surface area contributed by atoms with E-state index in [0.717, 1.165) is 0 Å². The summed E-state index contributed by atoms with van der Waals surface area (Å²) in [5.74, 6) is -0.812. The van der Waals surface area contributed by atoms with E-state index in [1.54, 1.807) is 30.3 Å². The molecular weight excluding hydrogens is 372 g/mol. The maximum absolute atomic E-state index is 12.7. The van der Waals surface area contributed by atoms with Crippen molar-refractivity contribution in [3.8, 4) is 5.75 Å². The van der Waals surface area contributed by atoms with E-state index in [4.69, 9.17) is 16.3 Å². The molecule has 0 radical (unpaired) electrons. The standard InChI is InChI=1S/C18H17ClN4O4/c1-20-18(26)15-10-23(13-4-2-3-5-14(13)27-15)16(24)9-22-17(25)12-8-11(19)6-7-21-12/h2-8,15H,9-10H2,1H3,(H,20,26)(H,22,25)/t15-/m0/s1. The average molecular weight is 389 g/mol. The molecule has 1 aliphatic heterocycles. The molecule has 2 aromatic rings. The van der Waals surface area contributed by atoms with Crippen molar-refractivity contribution in [2.24, 2.45) is 0 Å². The van der Waals surface area contributed by atoms with Crippen LogP contribution in [0.5, 0.6) is 5.75 Å². The number of anilines is 1. The molecule has 140 valence electrons. The fourth-order valence-corrected chi connectivity index (χ4v) is 2.80. The van der Waals surface area contributed by atoms with Crippen molar-refractivity contribution in [1.29, 1.82) is 0 Å². The van der Waals surface area contributed by atoms with E-state index < -0.39 is 12.0 Å². The van der Waals surface area contributed by atoms with Crippen molar-refractivity contribution in [1.82, 2.24) is 15.6 Å². The molecule has 8 nitrogen and oxygen atoms in total. The molecule has 1 aromatic heterocycles. The van der Waals surface area contributed by atoms with Crippen molar-refractivity contribution < 1.29 is 19.1 Å². The predicted molar refractivity (Wildman–Crippen MR) is 98.9 cm³/mol. The highest BCUT2D eigenvalue weighted by molar-refractivity contribution is 6.30. The molecule has 0 unspecified atom stereocenters. The van der Waals surface area contributed by atoms with E-state index in [2.05, 4.69) is 15.6 Å². The van der Waals surface area contributed by atoms with Gasteiger partial charge in [0.15, 0.2) is 6.10 Å². The zero-order chi connectivity index (χ0) is 19.4. The number of halogens is 1. The Balaban J connectivity index is 1.73. The summed E-state index contributed by atoms with van der Waals surface area (Å²) < 4.78 is 5.66. The highest BCUT2D eigenvalue weighted by Crippen LogP contribution is 2.33. The SMILES string of the molecule is CNC(=O)[C@@H]1CN(C(=O)CNC(=O)c2cc(Cl)ccn2)c2ccccc2O1. The fourth-order valence-electron chi connectivity index (χ4n) is 2.64. The molecule has 1 atom stereocenters.